The third kappa shape index (κ3) is 4.69. The van der Waals surface area contributed by atoms with Crippen molar-refractivity contribution in [1.82, 2.24) is 20.6 Å². The number of anilines is 3. The molecule has 0 saturated heterocycles. The number of nitrogens with zero attached hydrogens (tertiary/aromatic N) is 3. The average molecular weight is 519 g/mol. The van der Waals surface area contributed by atoms with E-state index < -0.39 is 0 Å². The maximum atomic E-state index is 13.4. The first-order valence-corrected chi connectivity index (χ1v) is 13.3. The number of aryl methyl sites for hydroxylation is 1. The van der Waals surface area contributed by atoms with Gasteiger partial charge >= 0.3 is 6.03 Å². The Balaban J connectivity index is 1.47. The zero-order valence-electron chi connectivity index (χ0n) is 21.1. The minimum atomic E-state index is -0.356. The minimum Gasteiger partial charge on any atom is -0.348 e. The van der Waals surface area contributed by atoms with Crippen LogP contribution < -0.4 is 20.9 Å². The lowest BCUT2D eigenvalue weighted by atomic mass is 10.0. The topological polar surface area (TPSA) is 116 Å². The summed E-state index contributed by atoms with van der Waals surface area (Å²) in [6.07, 6.45) is 7.92. The van der Waals surface area contributed by atoms with Crippen LogP contribution in [-0.2, 0) is 11.2 Å². The van der Waals surface area contributed by atoms with Crippen molar-refractivity contribution < 1.29 is 14.4 Å². The van der Waals surface area contributed by atoms with Crippen molar-refractivity contribution in [2.24, 2.45) is 5.92 Å². The van der Waals surface area contributed by atoms with Gasteiger partial charge in [-0.25, -0.2) is 9.78 Å². The van der Waals surface area contributed by atoms with Crippen molar-refractivity contribution in [3.63, 3.8) is 0 Å². The van der Waals surface area contributed by atoms with Gasteiger partial charge < -0.3 is 16.0 Å². The molecule has 1 aliphatic carbocycles. The number of amides is 4. The summed E-state index contributed by atoms with van der Waals surface area (Å²) >= 11 is 1.24. The molecule has 3 aromatic rings. The van der Waals surface area contributed by atoms with E-state index >= 15 is 0 Å². The van der Waals surface area contributed by atoms with Crippen LogP contribution in [0, 0.1) is 12.8 Å². The van der Waals surface area contributed by atoms with Crippen LogP contribution in [0.5, 0.6) is 0 Å². The molecule has 0 spiro atoms. The summed E-state index contributed by atoms with van der Waals surface area (Å²) in [6.45, 7) is 9.76. The molecule has 37 heavy (non-hydrogen) atoms. The summed E-state index contributed by atoms with van der Waals surface area (Å²) in [5.41, 5.74) is 3.74. The summed E-state index contributed by atoms with van der Waals surface area (Å²) in [6, 6.07) is 3.10. The van der Waals surface area contributed by atoms with Crippen molar-refractivity contribution in [2.45, 2.75) is 58.5 Å². The Morgan fingerprint density at radius 3 is 2.70 bits per heavy atom. The second kappa shape index (κ2) is 9.93. The summed E-state index contributed by atoms with van der Waals surface area (Å²) in [5.74, 6) is -0.0729. The molecule has 1 aliphatic heterocycles. The molecule has 3 N–H and O–H groups in total. The summed E-state index contributed by atoms with van der Waals surface area (Å²) in [4.78, 5) is 50.3. The van der Waals surface area contributed by atoms with E-state index in [-0.39, 0.29) is 29.9 Å². The van der Waals surface area contributed by atoms with Crippen molar-refractivity contribution in [3.05, 3.63) is 53.3 Å². The highest BCUT2D eigenvalue weighted by Crippen LogP contribution is 2.46. The number of hydrogen-bond acceptors (Lipinski definition) is 6. The SMILES string of the molecule is C=CC(=O)NC1CCCC1NC(=O)c1sc2nccc3c2c1NC(=O)N3c1cnc(CC(C)C)cc1C. The Kier molecular flexibility index (Phi) is 6.68. The van der Waals surface area contributed by atoms with E-state index in [1.165, 1.54) is 17.4 Å². The van der Waals surface area contributed by atoms with Gasteiger partial charge in [-0.1, -0.05) is 20.4 Å². The molecule has 0 bridgehead atoms. The van der Waals surface area contributed by atoms with Crippen LogP contribution in [0.15, 0.2) is 37.2 Å². The fourth-order valence-electron chi connectivity index (χ4n) is 5.14. The van der Waals surface area contributed by atoms with Gasteiger partial charge in [-0.05, 0) is 62.3 Å². The Hall–Kier alpha value is -3.79. The lowest BCUT2D eigenvalue weighted by Crippen LogP contribution is -2.48. The number of carbonyl (C=O) groups is 3. The molecule has 5 rings (SSSR count). The minimum absolute atomic E-state index is 0.159. The number of carbonyl (C=O) groups excluding carboxylic acids is 3. The number of nitrogens with one attached hydrogen (secondary N) is 3. The third-order valence-corrected chi connectivity index (χ3v) is 7.89. The zero-order valence-corrected chi connectivity index (χ0v) is 21.9. The van der Waals surface area contributed by atoms with Crippen LogP contribution >= 0.6 is 11.3 Å². The smallest absolute Gasteiger partial charge is 0.331 e. The number of hydrogen-bond donors (Lipinski definition) is 3. The van der Waals surface area contributed by atoms with Crippen LogP contribution in [-0.4, -0.2) is 39.9 Å². The van der Waals surface area contributed by atoms with Gasteiger partial charge in [0.2, 0.25) is 5.91 Å². The summed E-state index contributed by atoms with van der Waals surface area (Å²) in [5, 5.41) is 9.63. The quantitative estimate of drug-likeness (QED) is 0.387. The third-order valence-electron chi connectivity index (χ3n) is 6.80. The van der Waals surface area contributed by atoms with Gasteiger partial charge in [-0.3, -0.25) is 19.5 Å². The van der Waals surface area contributed by atoms with E-state index in [1.54, 1.807) is 23.4 Å². The molecule has 4 heterocycles. The number of rotatable bonds is 7. The van der Waals surface area contributed by atoms with E-state index in [4.69, 9.17) is 0 Å². The van der Waals surface area contributed by atoms with Gasteiger partial charge in [0.25, 0.3) is 5.91 Å². The van der Waals surface area contributed by atoms with E-state index in [0.717, 1.165) is 42.3 Å². The first kappa shape index (κ1) is 24.9. The van der Waals surface area contributed by atoms with Gasteiger partial charge in [0.05, 0.1) is 28.6 Å². The average Bonchev–Trinajstić information content (AvgIpc) is 3.44. The molecule has 192 valence electrons. The van der Waals surface area contributed by atoms with Gasteiger partial charge in [0.15, 0.2) is 0 Å². The number of thiophene rings is 1. The number of pyridine rings is 2. The molecule has 4 amide bonds. The molecule has 1 fully saturated rings. The molecular weight excluding hydrogens is 488 g/mol. The van der Waals surface area contributed by atoms with Gasteiger partial charge in [0, 0.05) is 24.0 Å². The fourth-order valence-corrected chi connectivity index (χ4v) is 6.16. The van der Waals surface area contributed by atoms with Crippen molar-refractivity contribution in [1.29, 1.82) is 0 Å². The molecule has 2 atom stereocenters. The monoisotopic (exact) mass is 518 g/mol. The summed E-state index contributed by atoms with van der Waals surface area (Å²) in [7, 11) is 0. The second-order valence-corrected chi connectivity index (χ2v) is 11.0. The lowest BCUT2D eigenvalue weighted by molar-refractivity contribution is -0.117. The van der Waals surface area contributed by atoms with E-state index in [2.05, 4.69) is 46.3 Å². The second-order valence-electron chi connectivity index (χ2n) is 9.97. The first-order valence-electron chi connectivity index (χ1n) is 12.5. The molecule has 0 aromatic carbocycles. The molecule has 10 heteroatoms. The Labute approximate surface area is 219 Å². The van der Waals surface area contributed by atoms with Crippen molar-refractivity contribution >= 4 is 56.5 Å². The van der Waals surface area contributed by atoms with Crippen LogP contribution in [0.1, 0.15) is 54.0 Å². The molecular formula is C27H30N6O3S. The van der Waals surface area contributed by atoms with Crippen LogP contribution in [0.2, 0.25) is 0 Å². The normalized spacial score (nSPS) is 18.7. The molecule has 0 radical (unpaired) electrons. The predicted molar refractivity (Wildman–Crippen MR) is 146 cm³/mol. The van der Waals surface area contributed by atoms with E-state index in [9.17, 15) is 14.4 Å². The Morgan fingerprint density at radius 2 is 2.00 bits per heavy atom. The van der Waals surface area contributed by atoms with E-state index in [1.807, 2.05) is 13.0 Å². The summed E-state index contributed by atoms with van der Waals surface area (Å²) < 4.78 is 0. The molecule has 3 aromatic heterocycles. The van der Waals surface area contributed by atoms with Crippen LogP contribution in [0.25, 0.3) is 10.2 Å². The maximum absolute atomic E-state index is 13.4. The lowest BCUT2D eigenvalue weighted by Gasteiger charge is -2.29. The highest BCUT2D eigenvalue weighted by Gasteiger charge is 2.35. The molecule has 2 unspecified atom stereocenters. The Morgan fingerprint density at radius 1 is 1.24 bits per heavy atom. The van der Waals surface area contributed by atoms with E-state index in [0.29, 0.717) is 32.7 Å². The fraction of sp³-hybridized carbons (Fsp3) is 0.370. The van der Waals surface area contributed by atoms with Crippen molar-refractivity contribution in [3.8, 4) is 0 Å². The van der Waals surface area contributed by atoms with Crippen molar-refractivity contribution in [2.75, 3.05) is 10.2 Å². The number of aromatic nitrogens is 2. The van der Waals surface area contributed by atoms with Gasteiger partial charge in [-0.15, -0.1) is 11.3 Å². The van der Waals surface area contributed by atoms with Crippen LogP contribution in [0.3, 0.4) is 0 Å². The Bertz CT molecular complexity index is 1410. The maximum Gasteiger partial charge on any atom is 0.331 e. The standard InChI is InChI=1S/C27H30N6O3S/c1-5-21(34)30-17-7-6-8-18(17)31-25(35)24-23-22-19(9-10-28-26(22)37-24)33(27(36)32-23)20-13-29-16(11-14(2)3)12-15(20)4/h5,9-10,12-14,17-18H,1,6-8,11H2,2-4H3,(H,30,34)(H,31,35)(H,32,36). The molecule has 2 aliphatic rings. The zero-order chi connectivity index (χ0) is 26.3. The van der Waals surface area contributed by atoms with Gasteiger partial charge in [0.1, 0.15) is 9.71 Å². The molecule has 1 saturated carbocycles. The first-order chi connectivity index (χ1) is 17.8. The van der Waals surface area contributed by atoms with Crippen LogP contribution in [0.4, 0.5) is 21.9 Å². The number of urea groups is 1. The van der Waals surface area contributed by atoms with Gasteiger partial charge in [-0.2, -0.15) is 0 Å². The molecule has 9 nitrogen and oxygen atoms in total. The highest BCUT2D eigenvalue weighted by molar-refractivity contribution is 7.21. The predicted octanol–water partition coefficient (Wildman–Crippen LogP) is 4.83. The highest BCUT2D eigenvalue weighted by atomic mass is 32.1. The largest absolute Gasteiger partial charge is 0.348 e.